The molecular weight excluding hydrogens is 178 g/mol. The molecule has 1 heterocycles. The first kappa shape index (κ1) is 12.0. The average Bonchev–Trinajstić information content (AvgIpc) is 1.98. The Morgan fingerprint density at radius 3 is 2.43 bits per heavy atom. The zero-order valence-electron chi connectivity index (χ0n) is 10.0. The maximum absolute atomic E-state index is 9.42. The van der Waals surface area contributed by atoms with Gasteiger partial charge in [0.15, 0.2) is 0 Å². The fraction of sp³-hybridized carbons (Fsp3) is 1.00. The van der Waals surface area contributed by atoms with E-state index in [4.69, 9.17) is 4.74 Å². The van der Waals surface area contributed by atoms with Gasteiger partial charge in [0.2, 0.25) is 0 Å². The first-order chi connectivity index (χ1) is 6.27. The van der Waals surface area contributed by atoms with Crippen molar-refractivity contribution in [1.29, 1.82) is 0 Å². The lowest BCUT2D eigenvalue weighted by Gasteiger charge is -2.53. The SMILES string of the molecule is CC(O)CN1CCOC(C)(C)C1(C)C. The van der Waals surface area contributed by atoms with Gasteiger partial charge >= 0.3 is 0 Å². The third-order valence-corrected chi connectivity index (χ3v) is 3.57. The monoisotopic (exact) mass is 201 g/mol. The molecule has 1 unspecified atom stereocenters. The molecule has 1 N–H and O–H groups in total. The molecule has 1 aliphatic rings. The number of rotatable bonds is 2. The van der Waals surface area contributed by atoms with Crippen LogP contribution in [0.25, 0.3) is 0 Å². The zero-order chi connectivity index (χ0) is 11.0. The normalized spacial score (nSPS) is 28.7. The lowest BCUT2D eigenvalue weighted by atomic mass is 9.82. The summed E-state index contributed by atoms with van der Waals surface area (Å²) in [6, 6.07) is 0. The minimum absolute atomic E-state index is 0.0256. The largest absolute Gasteiger partial charge is 0.392 e. The molecule has 0 aliphatic carbocycles. The molecule has 1 rings (SSSR count). The Hall–Kier alpha value is -0.120. The Morgan fingerprint density at radius 1 is 1.36 bits per heavy atom. The first-order valence-electron chi connectivity index (χ1n) is 5.34. The number of hydrogen-bond donors (Lipinski definition) is 1. The lowest BCUT2D eigenvalue weighted by molar-refractivity contribution is -0.171. The van der Waals surface area contributed by atoms with Crippen LogP contribution >= 0.6 is 0 Å². The van der Waals surface area contributed by atoms with E-state index in [0.29, 0.717) is 0 Å². The Balaban J connectivity index is 2.76. The van der Waals surface area contributed by atoms with Gasteiger partial charge in [0, 0.05) is 18.6 Å². The summed E-state index contributed by atoms with van der Waals surface area (Å²) in [5, 5.41) is 9.42. The highest BCUT2D eigenvalue weighted by atomic mass is 16.5. The van der Waals surface area contributed by atoms with Crippen LogP contribution in [0.2, 0.25) is 0 Å². The molecule has 3 heteroatoms. The van der Waals surface area contributed by atoms with E-state index in [0.717, 1.165) is 19.7 Å². The second kappa shape index (κ2) is 3.80. The third kappa shape index (κ3) is 2.10. The molecular formula is C11H23NO2. The highest BCUT2D eigenvalue weighted by Crippen LogP contribution is 2.34. The van der Waals surface area contributed by atoms with Crippen molar-refractivity contribution in [3.8, 4) is 0 Å². The number of aliphatic hydroxyl groups is 1. The van der Waals surface area contributed by atoms with Gasteiger partial charge in [0.05, 0.1) is 18.3 Å². The molecule has 0 amide bonds. The summed E-state index contributed by atoms with van der Waals surface area (Å²) in [6.07, 6.45) is -0.275. The summed E-state index contributed by atoms with van der Waals surface area (Å²) in [7, 11) is 0. The maximum atomic E-state index is 9.42. The van der Waals surface area contributed by atoms with E-state index >= 15 is 0 Å². The van der Waals surface area contributed by atoms with Crippen LogP contribution in [0.4, 0.5) is 0 Å². The van der Waals surface area contributed by atoms with Crippen molar-refractivity contribution in [2.24, 2.45) is 0 Å². The van der Waals surface area contributed by atoms with E-state index in [1.165, 1.54) is 0 Å². The first-order valence-corrected chi connectivity index (χ1v) is 5.34. The number of nitrogens with zero attached hydrogens (tertiary/aromatic N) is 1. The molecule has 1 aliphatic heterocycles. The van der Waals surface area contributed by atoms with Crippen molar-refractivity contribution in [1.82, 2.24) is 4.90 Å². The third-order valence-electron chi connectivity index (χ3n) is 3.57. The van der Waals surface area contributed by atoms with E-state index in [1.54, 1.807) is 0 Å². The molecule has 0 spiro atoms. The summed E-state index contributed by atoms with van der Waals surface area (Å²) >= 11 is 0. The molecule has 1 atom stereocenters. The van der Waals surface area contributed by atoms with E-state index in [2.05, 4.69) is 32.6 Å². The molecule has 0 saturated carbocycles. The molecule has 0 bridgehead atoms. The molecule has 1 saturated heterocycles. The van der Waals surface area contributed by atoms with Gasteiger partial charge < -0.3 is 9.84 Å². The Labute approximate surface area is 87.1 Å². The fourth-order valence-corrected chi connectivity index (χ4v) is 1.89. The van der Waals surface area contributed by atoms with Crippen molar-refractivity contribution in [2.75, 3.05) is 19.7 Å². The Kier molecular flexibility index (Phi) is 3.24. The van der Waals surface area contributed by atoms with Crippen LogP contribution in [0.5, 0.6) is 0 Å². The van der Waals surface area contributed by atoms with Crippen LogP contribution in [0.15, 0.2) is 0 Å². The molecule has 0 aromatic carbocycles. The minimum Gasteiger partial charge on any atom is -0.392 e. The molecule has 0 aromatic rings. The predicted molar refractivity (Wildman–Crippen MR) is 57.4 cm³/mol. The van der Waals surface area contributed by atoms with Crippen LogP contribution in [-0.2, 0) is 4.74 Å². The van der Waals surface area contributed by atoms with Gasteiger partial charge in [-0.25, -0.2) is 0 Å². The van der Waals surface area contributed by atoms with E-state index < -0.39 is 0 Å². The summed E-state index contributed by atoms with van der Waals surface area (Å²) in [6.45, 7) is 12.8. The molecule has 1 fully saturated rings. The summed E-state index contributed by atoms with van der Waals surface area (Å²) < 4.78 is 5.77. The number of hydrogen-bond acceptors (Lipinski definition) is 3. The van der Waals surface area contributed by atoms with Gasteiger partial charge in [0.1, 0.15) is 0 Å². The second-order valence-electron chi connectivity index (χ2n) is 5.21. The molecule has 0 aromatic heterocycles. The van der Waals surface area contributed by atoms with Gasteiger partial charge in [-0.2, -0.15) is 0 Å². The van der Waals surface area contributed by atoms with Crippen molar-refractivity contribution in [3.05, 3.63) is 0 Å². The zero-order valence-corrected chi connectivity index (χ0v) is 10.0. The van der Waals surface area contributed by atoms with Crippen LogP contribution in [-0.4, -0.2) is 46.9 Å². The quantitative estimate of drug-likeness (QED) is 0.730. The standard InChI is InChI=1S/C11H23NO2/c1-9(13)8-12-6-7-14-11(4,5)10(12,2)3/h9,13H,6-8H2,1-5H3. The average molecular weight is 201 g/mol. The van der Waals surface area contributed by atoms with Crippen molar-refractivity contribution in [3.63, 3.8) is 0 Å². The van der Waals surface area contributed by atoms with Gasteiger partial charge in [0.25, 0.3) is 0 Å². The predicted octanol–water partition coefficient (Wildman–Crippen LogP) is 1.26. The highest BCUT2D eigenvalue weighted by Gasteiger charge is 2.45. The summed E-state index contributed by atoms with van der Waals surface area (Å²) in [4.78, 5) is 2.31. The van der Waals surface area contributed by atoms with Crippen molar-refractivity contribution in [2.45, 2.75) is 51.9 Å². The summed E-state index contributed by atoms with van der Waals surface area (Å²) in [5.74, 6) is 0. The van der Waals surface area contributed by atoms with E-state index in [-0.39, 0.29) is 17.2 Å². The summed E-state index contributed by atoms with van der Waals surface area (Å²) in [5.41, 5.74) is -0.178. The minimum atomic E-state index is -0.275. The molecule has 14 heavy (non-hydrogen) atoms. The lowest BCUT2D eigenvalue weighted by Crippen LogP contribution is -2.64. The van der Waals surface area contributed by atoms with Crippen LogP contribution in [0.3, 0.4) is 0 Å². The second-order valence-corrected chi connectivity index (χ2v) is 5.21. The topological polar surface area (TPSA) is 32.7 Å². The van der Waals surface area contributed by atoms with Crippen LogP contribution < -0.4 is 0 Å². The number of aliphatic hydroxyl groups excluding tert-OH is 1. The highest BCUT2D eigenvalue weighted by molar-refractivity contribution is 4.99. The van der Waals surface area contributed by atoms with Crippen LogP contribution in [0, 0.1) is 0 Å². The Morgan fingerprint density at radius 2 is 1.93 bits per heavy atom. The number of ether oxygens (including phenoxy) is 1. The Bertz CT molecular complexity index is 199. The van der Waals surface area contributed by atoms with Gasteiger partial charge in [-0.3, -0.25) is 4.90 Å². The van der Waals surface area contributed by atoms with Crippen LogP contribution in [0.1, 0.15) is 34.6 Å². The van der Waals surface area contributed by atoms with Gasteiger partial charge in [-0.15, -0.1) is 0 Å². The number of β-amino-alcohol motifs (C(OH)–C–C–N with tert-alkyl or cyclic N) is 1. The van der Waals surface area contributed by atoms with Crippen molar-refractivity contribution < 1.29 is 9.84 Å². The smallest absolute Gasteiger partial charge is 0.0804 e. The van der Waals surface area contributed by atoms with Gasteiger partial charge in [-0.05, 0) is 34.6 Å². The molecule has 84 valence electrons. The maximum Gasteiger partial charge on any atom is 0.0804 e. The van der Waals surface area contributed by atoms with E-state index in [9.17, 15) is 5.11 Å². The van der Waals surface area contributed by atoms with Gasteiger partial charge in [-0.1, -0.05) is 0 Å². The fourth-order valence-electron chi connectivity index (χ4n) is 1.89. The van der Waals surface area contributed by atoms with E-state index in [1.807, 2.05) is 6.92 Å². The molecule has 0 radical (unpaired) electrons. The number of morpholine rings is 1. The van der Waals surface area contributed by atoms with Crippen molar-refractivity contribution >= 4 is 0 Å². The molecule has 3 nitrogen and oxygen atoms in total.